The Kier molecular flexibility index (Phi) is 4.81. The molecule has 0 saturated carbocycles. The molecule has 1 aliphatic rings. The van der Waals surface area contributed by atoms with E-state index in [4.69, 9.17) is 4.42 Å². The topological polar surface area (TPSA) is 115 Å². The predicted octanol–water partition coefficient (Wildman–Crippen LogP) is 1.63. The maximum absolute atomic E-state index is 12.9. The number of aryl methyl sites for hydroxylation is 1. The summed E-state index contributed by atoms with van der Waals surface area (Å²) in [5.41, 5.74) is 0.757. The number of fused-ring (bicyclic) bond motifs is 1. The fraction of sp³-hybridized carbons (Fsp3) is 0.353. The van der Waals surface area contributed by atoms with Crippen molar-refractivity contribution in [3.05, 3.63) is 40.3 Å². The Morgan fingerprint density at radius 3 is 2.75 bits per heavy atom. The fourth-order valence-corrected chi connectivity index (χ4v) is 5.29. The number of oxazole rings is 1. The third-order valence-corrected chi connectivity index (χ3v) is 7.47. The molecule has 0 spiro atoms. The number of amides is 1. The third-order valence-electron chi connectivity index (χ3n) is 4.89. The summed E-state index contributed by atoms with van der Waals surface area (Å²) in [4.78, 5) is 28.0. The molecular formula is C17H18N4O5S2. The first-order chi connectivity index (χ1) is 13.4. The van der Waals surface area contributed by atoms with E-state index in [0.29, 0.717) is 23.5 Å². The first-order valence-electron chi connectivity index (χ1n) is 8.66. The Morgan fingerprint density at radius 2 is 2.07 bits per heavy atom. The molecule has 0 atom stereocenters. The monoisotopic (exact) mass is 422 g/mol. The lowest BCUT2D eigenvalue weighted by atomic mass is 9.97. The highest BCUT2D eigenvalue weighted by Crippen LogP contribution is 2.27. The molecule has 1 aromatic carbocycles. The van der Waals surface area contributed by atoms with Gasteiger partial charge in [-0.15, -0.1) is 11.3 Å². The standard InChI is InChI=1S/C17H18N4O5S2/c1-20-13-3-2-12(10-14(13)26-17(20)23)28(24,25)21-7-4-11(5-8-21)15(22)19-16-18-6-9-27-16/h2-3,6,9-11H,4-5,7-8H2,1H3,(H,18,19,22). The summed E-state index contributed by atoms with van der Waals surface area (Å²) < 4.78 is 33.7. The Morgan fingerprint density at radius 1 is 1.32 bits per heavy atom. The van der Waals surface area contributed by atoms with Gasteiger partial charge in [0, 0.05) is 43.7 Å². The predicted molar refractivity (Wildman–Crippen MR) is 104 cm³/mol. The van der Waals surface area contributed by atoms with Crippen LogP contribution in [-0.4, -0.2) is 41.3 Å². The molecule has 28 heavy (non-hydrogen) atoms. The molecule has 1 aliphatic heterocycles. The van der Waals surface area contributed by atoms with Crippen molar-refractivity contribution in [2.75, 3.05) is 18.4 Å². The number of hydrogen-bond donors (Lipinski definition) is 1. The van der Waals surface area contributed by atoms with Gasteiger partial charge in [0.2, 0.25) is 15.9 Å². The Bertz CT molecular complexity index is 1170. The number of nitrogens with one attached hydrogen (secondary N) is 1. The Labute approximate surface area is 164 Å². The second-order valence-electron chi connectivity index (χ2n) is 6.56. The largest absolute Gasteiger partial charge is 0.419 e. The van der Waals surface area contributed by atoms with E-state index in [0.717, 1.165) is 0 Å². The SMILES string of the molecule is Cn1c(=O)oc2cc(S(=O)(=O)N3CCC(C(=O)Nc4nccs4)CC3)ccc21. The highest BCUT2D eigenvalue weighted by Gasteiger charge is 2.32. The van der Waals surface area contributed by atoms with Crippen LogP contribution in [0.15, 0.2) is 43.9 Å². The summed E-state index contributed by atoms with van der Waals surface area (Å²) >= 11 is 1.34. The van der Waals surface area contributed by atoms with Crippen molar-refractivity contribution in [3.63, 3.8) is 0 Å². The maximum atomic E-state index is 12.9. The molecule has 1 fully saturated rings. The summed E-state index contributed by atoms with van der Waals surface area (Å²) in [6.07, 6.45) is 2.47. The Balaban J connectivity index is 1.47. The second kappa shape index (κ2) is 7.15. The number of nitrogens with zero attached hydrogens (tertiary/aromatic N) is 3. The van der Waals surface area contributed by atoms with Crippen LogP contribution in [0.25, 0.3) is 11.1 Å². The summed E-state index contributed by atoms with van der Waals surface area (Å²) in [5.74, 6) is -0.943. The lowest BCUT2D eigenvalue weighted by Gasteiger charge is -2.30. The molecule has 3 aromatic rings. The zero-order valence-corrected chi connectivity index (χ0v) is 16.6. The van der Waals surface area contributed by atoms with Crippen LogP contribution in [0.4, 0.5) is 5.13 Å². The van der Waals surface area contributed by atoms with Crippen LogP contribution in [0.2, 0.25) is 0 Å². The molecule has 0 unspecified atom stereocenters. The number of piperidine rings is 1. The fourth-order valence-electron chi connectivity index (χ4n) is 3.27. The number of hydrogen-bond acceptors (Lipinski definition) is 7. The quantitative estimate of drug-likeness (QED) is 0.683. The van der Waals surface area contributed by atoms with Gasteiger partial charge >= 0.3 is 5.76 Å². The molecule has 0 radical (unpaired) electrons. The number of carbonyl (C=O) groups excluding carboxylic acids is 1. The lowest BCUT2D eigenvalue weighted by Crippen LogP contribution is -2.41. The van der Waals surface area contributed by atoms with Crippen LogP contribution in [0.5, 0.6) is 0 Å². The minimum Gasteiger partial charge on any atom is -0.408 e. The molecule has 11 heteroatoms. The zero-order chi connectivity index (χ0) is 19.9. The van der Waals surface area contributed by atoms with E-state index >= 15 is 0 Å². The third kappa shape index (κ3) is 3.36. The van der Waals surface area contributed by atoms with E-state index in [-0.39, 0.29) is 35.4 Å². The van der Waals surface area contributed by atoms with Crippen molar-refractivity contribution < 1.29 is 17.6 Å². The molecule has 1 amide bonds. The van der Waals surface area contributed by atoms with Crippen LogP contribution >= 0.6 is 11.3 Å². The van der Waals surface area contributed by atoms with Gasteiger partial charge in [0.15, 0.2) is 10.7 Å². The van der Waals surface area contributed by atoms with Crippen LogP contribution in [0, 0.1) is 5.92 Å². The number of aromatic nitrogens is 2. The minimum absolute atomic E-state index is 0.0695. The molecule has 3 heterocycles. The van der Waals surface area contributed by atoms with E-state index in [9.17, 15) is 18.0 Å². The van der Waals surface area contributed by atoms with Gasteiger partial charge in [0.25, 0.3) is 0 Å². The molecule has 2 aromatic heterocycles. The smallest absolute Gasteiger partial charge is 0.408 e. The van der Waals surface area contributed by atoms with Gasteiger partial charge < -0.3 is 9.73 Å². The van der Waals surface area contributed by atoms with Gasteiger partial charge in [-0.1, -0.05) is 0 Å². The highest BCUT2D eigenvalue weighted by atomic mass is 32.2. The number of anilines is 1. The van der Waals surface area contributed by atoms with E-state index < -0.39 is 15.8 Å². The van der Waals surface area contributed by atoms with Gasteiger partial charge in [-0.3, -0.25) is 9.36 Å². The first kappa shape index (κ1) is 18.8. The van der Waals surface area contributed by atoms with Gasteiger partial charge in [-0.2, -0.15) is 4.31 Å². The molecule has 0 aliphatic carbocycles. The van der Waals surface area contributed by atoms with Crippen molar-refractivity contribution in [3.8, 4) is 0 Å². The molecule has 148 valence electrons. The van der Waals surface area contributed by atoms with Crippen molar-refractivity contribution in [2.45, 2.75) is 17.7 Å². The lowest BCUT2D eigenvalue weighted by molar-refractivity contribution is -0.120. The summed E-state index contributed by atoms with van der Waals surface area (Å²) in [6, 6.07) is 4.39. The molecule has 4 rings (SSSR count). The molecule has 1 saturated heterocycles. The van der Waals surface area contributed by atoms with Gasteiger partial charge in [0.05, 0.1) is 10.4 Å². The summed E-state index contributed by atoms with van der Waals surface area (Å²) in [6.45, 7) is 0.490. The normalized spacial score (nSPS) is 16.5. The average molecular weight is 422 g/mol. The number of benzene rings is 1. The van der Waals surface area contributed by atoms with E-state index in [2.05, 4.69) is 10.3 Å². The maximum Gasteiger partial charge on any atom is 0.419 e. The first-order valence-corrected chi connectivity index (χ1v) is 11.0. The number of sulfonamides is 1. The van der Waals surface area contributed by atoms with Crippen LogP contribution in [0.1, 0.15) is 12.8 Å². The average Bonchev–Trinajstić information content (AvgIpc) is 3.29. The van der Waals surface area contributed by atoms with E-state index in [1.54, 1.807) is 24.7 Å². The van der Waals surface area contributed by atoms with Gasteiger partial charge in [0.1, 0.15) is 0 Å². The van der Waals surface area contributed by atoms with Crippen molar-refractivity contribution in [2.24, 2.45) is 13.0 Å². The molecule has 9 nitrogen and oxygen atoms in total. The zero-order valence-electron chi connectivity index (χ0n) is 15.0. The van der Waals surface area contributed by atoms with Gasteiger partial charge in [-0.05, 0) is 25.0 Å². The number of thiazole rings is 1. The van der Waals surface area contributed by atoms with Crippen LogP contribution in [-0.2, 0) is 21.9 Å². The number of carbonyl (C=O) groups is 1. The number of rotatable bonds is 4. The minimum atomic E-state index is -3.74. The van der Waals surface area contributed by atoms with E-state index in [1.807, 2.05) is 0 Å². The Hall–Kier alpha value is -2.50. The van der Waals surface area contributed by atoms with E-state index in [1.165, 1.54) is 32.3 Å². The van der Waals surface area contributed by atoms with Crippen molar-refractivity contribution in [1.29, 1.82) is 0 Å². The highest BCUT2D eigenvalue weighted by molar-refractivity contribution is 7.89. The summed E-state index contributed by atoms with van der Waals surface area (Å²) in [7, 11) is -2.18. The van der Waals surface area contributed by atoms with Crippen molar-refractivity contribution in [1.82, 2.24) is 13.9 Å². The summed E-state index contributed by atoms with van der Waals surface area (Å²) in [5, 5.41) is 5.07. The van der Waals surface area contributed by atoms with Crippen LogP contribution in [0.3, 0.4) is 0 Å². The molecule has 0 bridgehead atoms. The molecule has 1 N–H and O–H groups in total. The van der Waals surface area contributed by atoms with Gasteiger partial charge in [-0.25, -0.2) is 18.2 Å². The van der Waals surface area contributed by atoms with Crippen molar-refractivity contribution >= 4 is 43.5 Å². The second-order valence-corrected chi connectivity index (χ2v) is 9.39. The van der Waals surface area contributed by atoms with Crippen LogP contribution < -0.4 is 11.1 Å². The molecular weight excluding hydrogens is 404 g/mol.